The van der Waals surface area contributed by atoms with Gasteiger partial charge in [-0.2, -0.15) is 0 Å². The van der Waals surface area contributed by atoms with Crippen LogP contribution in [0.4, 0.5) is 5.82 Å². The van der Waals surface area contributed by atoms with Crippen molar-refractivity contribution in [1.29, 1.82) is 0 Å². The Hall–Kier alpha value is -1.58. The molecule has 0 aliphatic rings. The smallest absolute Gasteiger partial charge is 0.339 e. The molecular formula is C13H20N2O2. The van der Waals surface area contributed by atoms with Gasteiger partial charge in [-0.25, -0.2) is 9.78 Å². The second-order valence-electron chi connectivity index (χ2n) is 4.14. The van der Waals surface area contributed by atoms with E-state index in [1.807, 2.05) is 0 Å². The average molecular weight is 236 g/mol. The van der Waals surface area contributed by atoms with Gasteiger partial charge in [-0.05, 0) is 25.0 Å². The van der Waals surface area contributed by atoms with Crippen LogP contribution in [0.15, 0.2) is 12.3 Å². The number of hydrogen-bond donors (Lipinski definition) is 2. The molecule has 4 heteroatoms. The number of unbranched alkanes of at least 4 members (excludes halogenated alkanes) is 3. The summed E-state index contributed by atoms with van der Waals surface area (Å²) in [7, 11) is 0. The Morgan fingerprint density at radius 1 is 1.41 bits per heavy atom. The number of hydrogen-bond acceptors (Lipinski definition) is 3. The molecule has 94 valence electrons. The van der Waals surface area contributed by atoms with E-state index >= 15 is 0 Å². The van der Waals surface area contributed by atoms with Crippen LogP contribution in [0.5, 0.6) is 0 Å². The van der Waals surface area contributed by atoms with E-state index in [0.717, 1.165) is 24.9 Å². The number of carbonyl (C=O) groups is 1. The summed E-state index contributed by atoms with van der Waals surface area (Å²) in [5.41, 5.74) is 1.02. The van der Waals surface area contributed by atoms with Gasteiger partial charge in [0.1, 0.15) is 11.4 Å². The third kappa shape index (κ3) is 4.06. The fraction of sp³-hybridized carbons (Fsp3) is 0.538. The topological polar surface area (TPSA) is 62.2 Å². The van der Waals surface area contributed by atoms with Crippen molar-refractivity contribution in [1.82, 2.24) is 4.98 Å². The Labute approximate surface area is 102 Å². The van der Waals surface area contributed by atoms with Crippen molar-refractivity contribution in [3.05, 3.63) is 23.4 Å². The first kappa shape index (κ1) is 13.5. The number of aromatic nitrogens is 1. The summed E-state index contributed by atoms with van der Waals surface area (Å²) < 4.78 is 0. The first-order valence-electron chi connectivity index (χ1n) is 6.09. The summed E-state index contributed by atoms with van der Waals surface area (Å²) in [4.78, 5) is 15.2. The number of anilines is 1. The maximum atomic E-state index is 11.1. The molecular weight excluding hydrogens is 216 g/mol. The molecule has 1 aromatic heterocycles. The highest BCUT2D eigenvalue weighted by molar-refractivity contribution is 5.94. The summed E-state index contributed by atoms with van der Waals surface area (Å²) in [5.74, 6) is -0.444. The molecule has 0 spiro atoms. The van der Waals surface area contributed by atoms with E-state index in [-0.39, 0.29) is 5.56 Å². The lowest BCUT2D eigenvalue weighted by molar-refractivity contribution is 0.0697. The molecule has 0 bridgehead atoms. The monoisotopic (exact) mass is 236 g/mol. The number of carboxylic acid groups (broad SMARTS) is 1. The normalized spacial score (nSPS) is 10.2. The van der Waals surface area contributed by atoms with Gasteiger partial charge in [-0.3, -0.25) is 0 Å². The van der Waals surface area contributed by atoms with Crippen molar-refractivity contribution in [3.8, 4) is 0 Å². The van der Waals surface area contributed by atoms with Crippen LogP contribution >= 0.6 is 0 Å². The highest BCUT2D eigenvalue weighted by Gasteiger charge is 2.13. The molecule has 0 fully saturated rings. The number of nitrogens with one attached hydrogen (secondary N) is 1. The lowest BCUT2D eigenvalue weighted by Gasteiger charge is -2.09. The Morgan fingerprint density at radius 3 is 2.82 bits per heavy atom. The minimum absolute atomic E-state index is 0.281. The minimum Gasteiger partial charge on any atom is -0.478 e. The first-order valence-corrected chi connectivity index (χ1v) is 6.09. The van der Waals surface area contributed by atoms with Gasteiger partial charge in [0.25, 0.3) is 0 Å². The van der Waals surface area contributed by atoms with Crippen LogP contribution in [-0.4, -0.2) is 22.6 Å². The second-order valence-corrected chi connectivity index (χ2v) is 4.14. The van der Waals surface area contributed by atoms with E-state index in [1.54, 1.807) is 19.2 Å². The molecule has 0 aliphatic carbocycles. The average Bonchev–Trinajstić information content (AvgIpc) is 2.28. The SMILES string of the molecule is CCCCCCNc1nccc(C)c1C(=O)O. The Bertz CT molecular complexity index is 378. The fourth-order valence-electron chi connectivity index (χ4n) is 1.72. The molecule has 2 N–H and O–H groups in total. The molecule has 0 saturated carbocycles. The molecule has 0 saturated heterocycles. The van der Waals surface area contributed by atoms with Gasteiger partial charge in [-0.1, -0.05) is 26.2 Å². The van der Waals surface area contributed by atoms with Crippen molar-refractivity contribution < 1.29 is 9.90 Å². The maximum absolute atomic E-state index is 11.1. The van der Waals surface area contributed by atoms with Crippen molar-refractivity contribution in [2.24, 2.45) is 0 Å². The van der Waals surface area contributed by atoms with Crippen LogP contribution in [0.2, 0.25) is 0 Å². The van der Waals surface area contributed by atoms with Gasteiger partial charge in [-0.15, -0.1) is 0 Å². The molecule has 0 unspecified atom stereocenters. The van der Waals surface area contributed by atoms with Crippen LogP contribution in [-0.2, 0) is 0 Å². The van der Waals surface area contributed by atoms with Gasteiger partial charge in [0.15, 0.2) is 0 Å². The largest absolute Gasteiger partial charge is 0.478 e. The molecule has 17 heavy (non-hydrogen) atoms. The van der Waals surface area contributed by atoms with Gasteiger partial charge in [0.2, 0.25) is 0 Å². The number of aromatic carboxylic acids is 1. The lowest BCUT2D eigenvalue weighted by Crippen LogP contribution is -2.11. The quantitative estimate of drug-likeness (QED) is 0.714. The number of pyridine rings is 1. The van der Waals surface area contributed by atoms with Crippen LogP contribution in [0.25, 0.3) is 0 Å². The van der Waals surface area contributed by atoms with Gasteiger partial charge in [0, 0.05) is 12.7 Å². The predicted octanol–water partition coefficient (Wildman–Crippen LogP) is 3.08. The summed E-state index contributed by atoms with van der Waals surface area (Å²) in [6, 6.07) is 1.71. The second kappa shape index (κ2) is 6.89. The predicted molar refractivity (Wildman–Crippen MR) is 68.6 cm³/mol. The van der Waals surface area contributed by atoms with Crippen molar-refractivity contribution in [2.45, 2.75) is 39.5 Å². The molecule has 0 aromatic carbocycles. The number of nitrogens with zero attached hydrogens (tertiary/aromatic N) is 1. The highest BCUT2D eigenvalue weighted by atomic mass is 16.4. The number of carboxylic acids is 1. The van der Waals surface area contributed by atoms with Crippen molar-refractivity contribution in [3.63, 3.8) is 0 Å². The molecule has 0 radical (unpaired) electrons. The molecule has 0 atom stereocenters. The maximum Gasteiger partial charge on any atom is 0.339 e. The molecule has 0 amide bonds. The number of rotatable bonds is 7. The first-order chi connectivity index (χ1) is 8.16. The third-order valence-electron chi connectivity index (χ3n) is 2.70. The van der Waals surface area contributed by atoms with Crippen molar-refractivity contribution in [2.75, 3.05) is 11.9 Å². The van der Waals surface area contributed by atoms with Crippen LogP contribution < -0.4 is 5.32 Å². The zero-order chi connectivity index (χ0) is 12.7. The standard InChI is InChI=1S/C13H20N2O2/c1-3-4-5-6-8-14-12-11(13(16)17)10(2)7-9-15-12/h7,9H,3-6,8H2,1-2H3,(H,14,15)(H,16,17). The molecule has 4 nitrogen and oxygen atoms in total. The fourth-order valence-corrected chi connectivity index (χ4v) is 1.72. The highest BCUT2D eigenvalue weighted by Crippen LogP contribution is 2.16. The summed E-state index contributed by atoms with van der Waals surface area (Å²) >= 11 is 0. The summed E-state index contributed by atoms with van der Waals surface area (Å²) in [6.07, 6.45) is 6.26. The van der Waals surface area contributed by atoms with E-state index in [9.17, 15) is 4.79 Å². The van der Waals surface area contributed by atoms with Crippen molar-refractivity contribution >= 4 is 11.8 Å². The molecule has 1 rings (SSSR count). The van der Waals surface area contributed by atoms with Crippen LogP contribution in [0.1, 0.15) is 48.5 Å². The van der Waals surface area contributed by atoms with E-state index in [2.05, 4.69) is 17.2 Å². The van der Waals surface area contributed by atoms with E-state index in [0.29, 0.717) is 5.82 Å². The molecule has 0 aliphatic heterocycles. The molecule has 1 aromatic rings. The van der Waals surface area contributed by atoms with E-state index in [1.165, 1.54) is 12.8 Å². The van der Waals surface area contributed by atoms with E-state index in [4.69, 9.17) is 5.11 Å². The lowest BCUT2D eigenvalue weighted by atomic mass is 10.1. The number of aryl methyl sites for hydroxylation is 1. The minimum atomic E-state index is -0.924. The zero-order valence-corrected chi connectivity index (χ0v) is 10.5. The third-order valence-corrected chi connectivity index (χ3v) is 2.70. The Balaban J connectivity index is 2.58. The van der Waals surface area contributed by atoms with Gasteiger partial charge >= 0.3 is 5.97 Å². The zero-order valence-electron chi connectivity index (χ0n) is 10.5. The van der Waals surface area contributed by atoms with E-state index < -0.39 is 5.97 Å². The van der Waals surface area contributed by atoms with Gasteiger partial charge < -0.3 is 10.4 Å². The van der Waals surface area contributed by atoms with Crippen LogP contribution in [0.3, 0.4) is 0 Å². The Kier molecular flexibility index (Phi) is 5.46. The Morgan fingerprint density at radius 2 is 2.18 bits per heavy atom. The van der Waals surface area contributed by atoms with Gasteiger partial charge in [0.05, 0.1) is 0 Å². The summed E-state index contributed by atoms with van der Waals surface area (Å²) in [5, 5.41) is 12.2. The molecule has 1 heterocycles. The van der Waals surface area contributed by atoms with Crippen LogP contribution in [0, 0.1) is 6.92 Å². The summed E-state index contributed by atoms with van der Waals surface area (Å²) in [6.45, 7) is 4.72.